The maximum Gasteiger partial charge on any atom is 0.522 e. The molecule has 144 heavy (non-hydrogen) atoms. The Morgan fingerprint density at radius 3 is 1.03 bits per heavy atom. The second-order valence-corrected chi connectivity index (χ2v) is 42.2. The van der Waals surface area contributed by atoms with Gasteiger partial charge in [0, 0.05) is 154 Å². The lowest BCUT2D eigenvalue weighted by atomic mass is 9.61. The molecular formula is C99H114Cl2F16N14O13. The van der Waals surface area contributed by atoms with Crippen molar-refractivity contribution in [1.29, 1.82) is 0 Å². The van der Waals surface area contributed by atoms with Crippen molar-refractivity contribution in [3.63, 3.8) is 0 Å². The first-order valence-electron chi connectivity index (χ1n) is 46.8. The lowest BCUT2D eigenvalue weighted by molar-refractivity contribution is -0.364. The van der Waals surface area contributed by atoms with Crippen LogP contribution in [-0.2, 0) is 59.1 Å². The third-order valence-electron chi connectivity index (χ3n) is 27.0. The summed E-state index contributed by atoms with van der Waals surface area (Å²) < 4.78 is 226. The number of imidazole rings is 2. The number of aromatic carboxylic acids is 1. The van der Waals surface area contributed by atoms with E-state index >= 15 is 0 Å². The highest BCUT2D eigenvalue weighted by atomic mass is 35.5. The molecule has 0 bridgehead atoms. The summed E-state index contributed by atoms with van der Waals surface area (Å²) in [5, 5.41) is 25.3. The number of nitrogens with two attached hydrogens (primary N) is 1. The van der Waals surface area contributed by atoms with Crippen molar-refractivity contribution in [2.75, 3.05) is 93.2 Å². The zero-order valence-corrected chi connectivity index (χ0v) is 81.7. The molecule has 0 radical (unpaired) electrons. The van der Waals surface area contributed by atoms with Gasteiger partial charge in [-0.3, -0.25) is 37.3 Å². The number of aromatic nitrogens is 4. The molecule has 0 atom stereocenters. The monoisotopic (exact) mass is 2080 g/mol. The number of hydrogen-bond donors (Lipinski definition) is 5. The lowest BCUT2D eigenvalue weighted by Crippen LogP contribution is -2.66. The van der Waals surface area contributed by atoms with E-state index < -0.39 is 85.6 Å². The third kappa shape index (κ3) is 29.4. The van der Waals surface area contributed by atoms with Crippen LogP contribution < -0.4 is 31.1 Å². The summed E-state index contributed by atoms with van der Waals surface area (Å²) >= 11 is 11.9. The number of fused-ring (bicyclic) bond motifs is 2. The number of alkyl halides is 15. The highest BCUT2D eigenvalue weighted by Gasteiger charge is 2.61. The van der Waals surface area contributed by atoms with E-state index in [-0.39, 0.29) is 62.1 Å². The number of amides is 3. The number of benzene rings is 4. The predicted molar refractivity (Wildman–Crippen MR) is 499 cm³/mol. The number of pyridine rings is 2. The fraction of sp³-hybridized carbons (Fsp3) is 0.556. The summed E-state index contributed by atoms with van der Waals surface area (Å²) in [7, 11) is 0. The first-order valence-corrected chi connectivity index (χ1v) is 47.6. The molecule has 10 heterocycles. The summed E-state index contributed by atoms with van der Waals surface area (Å²) in [6.45, 7) is 37.8. The topological polar surface area (TPSA) is 283 Å². The molecule has 3 amide bonds. The number of rotatable bonds is 15. The Morgan fingerprint density at radius 2 is 0.743 bits per heavy atom. The molecule has 6 saturated carbocycles. The standard InChI is InChI=1S/C24H24ClF3N4O2.C14H13F3N2O.C14H17F3N2O.C12H18F3NO3.C11H19NO3.C10H9ClN2O2.C7H10F3NO.C7H4FN/c1-2-19-21(32-12-16(25)5-8-20(32)30-19)22(33)29-11-15-3-6-17(7-4-15)31-13-23(14-31)9-18(10-23)34-24(26,27)28;1-18-10-2-4-11(5-3-10)19-8-13(9-19)6-12(7-13)20-14(15,16)17;15-14(16,17)20-12-5-13(6-12)8-19(9-13)11-3-1-10(7-18)2-4-11;1-10(2,3)19-9(17)16-6-11(7-16)4-8(5-11)18-12(13,14)15;1-10(2,3)15-9(14)12-6-11(7-12)4-8(13)5-11;1-2-7-9(10(14)15)13-5-6(11)3-4-8(13)12-7;8-7(9,10)12-5-1-6(2-5)3-11-4-6;1-9-7-4-2-6(8)3-5-7/h3-8,12,18H,2,9-11,13-14H2,1H3,(H,29,33);2-5,12H,6-9H2;1-4,12H,5-9,18H2;8H,4-7H2,1-3H3;8,13H,4-7H2,1-3H3;3-5H,2H2,1H3,(H,14,15);5,11H,1-4H2;2-5H. The Labute approximate surface area is 830 Å². The number of aliphatic hydroxyl groups excluding tert-OH is 1. The fourth-order valence-electron chi connectivity index (χ4n) is 20.4. The number of aliphatic hydroxyl groups is 1. The first-order chi connectivity index (χ1) is 67.2. The molecule has 27 nitrogen and oxygen atoms in total. The van der Waals surface area contributed by atoms with E-state index in [1.54, 1.807) is 78.9 Å². The van der Waals surface area contributed by atoms with Crippen LogP contribution in [0.15, 0.2) is 134 Å². The van der Waals surface area contributed by atoms with E-state index in [0.29, 0.717) is 153 Å². The maximum absolute atomic E-state index is 12.9. The van der Waals surface area contributed by atoms with Gasteiger partial charge < -0.3 is 60.6 Å². The summed E-state index contributed by atoms with van der Waals surface area (Å²) in [6, 6.07) is 35.4. The van der Waals surface area contributed by atoms with Gasteiger partial charge in [-0.25, -0.2) is 38.4 Å². The van der Waals surface area contributed by atoms with Crippen molar-refractivity contribution in [3.05, 3.63) is 206 Å². The Kier molecular flexibility index (Phi) is 33.3. The number of carboxylic acids is 1. The number of nitrogens with one attached hydrogen (secondary N) is 2. The molecular weight excluding hydrogens is 1970 g/mol. The zero-order valence-electron chi connectivity index (χ0n) is 80.2. The molecule has 4 aromatic heterocycles. The van der Waals surface area contributed by atoms with E-state index in [0.717, 1.165) is 106 Å². The van der Waals surface area contributed by atoms with Gasteiger partial charge in [-0.2, -0.15) is 0 Å². The number of anilines is 3. The van der Waals surface area contributed by atoms with Crippen molar-refractivity contribution in [3.8, 4) is 0 Å². The number of hydrogen-bond acceptors (Lipinski definition) is 19. The number of aryl methyl sites for hydroxylation is 2. The Morgan fingerprint density at radius 1 is 0.444 bits per heavy atom. The minimum atomic E-state index is -4.57. The van der Waals surface area contributed by atoms with Gasteiger partial charge in [0.1, 0.15) is 34.0 Å². The molecule has 6 aliphatic heterocycles. The fourth-order valence-corrected chi connectivity index (χ4v) is 20.8. The van der Waals surface area contributed by atoms with Crippen molar-refractivity contribution in [1.82, 2.24) is 39.2 Å². The molecule has 45 heteroatoms. The van der Waals surface area contributed by atoms with Gasteiger partial charge in [0.2, 0.25) is 0 Å². The van der Waals surface area contributed by atoms with Gasteiger partial charge >= 0.3 is 50.0 Å². The van der Waals surface area contributed by atoms with Crippen LogP contribution in [0.3, 0.4) is 0 Å². The first kappa shape index (κ1) is 110. The molecule has 12 aliphatic rings. The minimum Gasteiger partial charge on any atom is -0.477 e. The number of halogens is 18. The average Bonchev–Trinajstić information content (AvgIpc) is 0.969. The number of ether oxygens (including phenoxy) is 7. The number of carbonyl (C=O) groups is 4. The quantitative estimate of drug-likeness (QED) is 0.0471. The van der Waals surface area contributed by atoms with Crippen molar-refractivity contribution in [2.45, 2.75) is 238 Å². The van der Waals surface area contributed by atoms with Gasteiger partial charge in [-0.15, -0.1) is 65.9 Å². The molecule has 784 valence electrons. The molecule has 6 N–H and O–H groups in total. The van der Waals surface area contributed by atoms with Crippen LogP contribution in [0.4, 0.5) is 108 Å². The molecule has 0 unspecified atom stereocenters. The molecule has 6 saturated heterocycles. The van der Waals surface area contributed by atoms with E-state index in [2.05, 4.69) is 68.7 Å². The molecule has 6 spiro atoms. The molecule has 4 aromatic carbocycles. The van der Waals surface area contributed by atoms with Crippen LogP contribution in [0.25, 0.3) is 21.0 Å². The van der Waals surface area contributed by atoms with E-state index in [1.165, 1.54) is 33.6 Å². The van der Waals surface area contributed by atoms with Gasteiger partial charge in [0.15, 0.2) is 17.1 Å². The second kappa shape index (κ2) is 43.4. The van der Waals surface area contributed by atoms with Crippen LogP contribution in [0.5, 0.6) is 0 Å². The molecule has 12 fully saturated rings. The lowest BCUT2D eigenvalue weighted by Gasteiger charge is -2.59. The molecule has 20 rings (SSSR count). The highest BCUT2D eigenvalue weighted by molar-refractivity contribution is 6.30. The summed E-state index contributed by atoms with van der Waals surface area (Å²) in [5.41, 5.74) is 14.2. The van der Waals surface area contributed by atoms with Crippen LogP contribution in [0.2, 0.25) is 10.0 Å². The van der Waals surface area contributed by atoms with E-state index in [4.69, 9.17) is 56.7 Å². The SMILES string of the molecule is CC(C)(C)OC(=O)N1CC2(CC(O)C2)C1.CC(C)(C)OC(=O)N1CC2(CC(OC(F)(F)F)C2)C1.CCc1nc2ccc(Cl)cn2c1C(=O)NCc1ccc(N2CC3(CC(OC(F)(F)F)C3)C2)cc1.CCc1nc2ccc(Cl)cn2c1C(=O)O.FC(F)(F)OC1CC2(CNC2)C1.NCc1ccc(N2CC3(CC(OC(F)(F)F)C3)C2)cc1.[C-]#[N+]c1ccc(F)cc1.[C-]#[N+]c1ccc(N2CC3(CC(OC(F)(F)F)C3)C2)cc1. The van der Waals surface area contributed by atoms with Gasteiger partial charge in [0.25, 0.3) is 5.91 Å². The number of nitrogens with zero attached hydrogens (tertiary/aromatic N) is 11. The van der Waals surface area contributed by atoms with Crippen molar-refractivity contribution < 1.29 is 133 Å². The summed E-state index contributed by atoms with van der Waals surface area (Å²) in [6.07, 6.45) is -16.0. The normalized spacial score (nSPS) is 20.1. The number of likely N-dealkylation sites (tertiary alicyclic amines) is 2. The largest absolute Gasteiger partial charge is 0.522 e. The van der Waals surface area contributed by atoms with Crippen molar-refractivity contribution >= 4 is 87.0 Å². The Balaban J connectivity index is 0.000000142. The Hall–Kier alpha value is -10.7. The van der Waals surface area contributed by atoms with E-state index in [1.807, 2.05) is 95.3 Å². The van der Waals surface area contributed by atoms with Crippen molar-refractivity contribution in [2.24, 2.45) is 38.2 Å². The van der Waals surface area contributed by atoms with Crippen LogP contribution >= 0.6 is 23.2 Å². The average molecular weight is 2080 g/mol. The highest BCUT2D eigenvalue weighted by Crippen LogP contribution is 2.57. The number of carbonyl (C=O) groups excluding carboxylic acids is 3. The summed E-state index contributed by atoms with van der Waals surface area (Å²) in [4.78, 5) is 72.1. The smallest absolute Gasteiger partial charge is 0.477 e. The predicted octanol–water partition coefficient (Wildman–Crippen LogP) is 21.6. The minimum absolute atomic E-state index is 0.00557. The van der Waals surface area contributed by atoms with E-state index in [9.17, 15) is 94.5 Å². The van der Waals surface area contributed by atoms with Crippen LogP contribution in [-0.4, -0.2) is 221 Å². The van der Waals surface area contributed by atoms with Crippen LogP contribution in [0.1, 0.15) is 176 Å². The molecule has 6 aliphatic carbocycles. The summed E-state index contributed by atoms with van der Waals surface area (Å²) in [5.74, 6) is -1.51. The molecule has 8 aromatic rings. The second-order valence-electron chi connectivity index (χ2n) is 41.3. The van der Waals surface area contributed by atoms with Gasteiger partial charge in [-0.1, -0.05) is 85.6 Å². The van der Waals surface area contributed by atoms with Gasteiger partial charge in [0.05, 0.1) is 71.2 Å². The third-order valence-corrected chi connectivity index (χ3v) is 27.4. The maximum atomic E-state index is 12.9. The van der Waals surface area contributed by atoms with Gasteiger partial charge in [-0.05, 0) is 215 Å². The van der Waals surface area contributed by atoms with Crippen LogP contribution in [0, 0.1) is 51.5 Å². The zero-order chi connectivity index (χ0) is 105. The Bertz CT molecular complexity index is 5830. The number of carboxylic acid groups (broad SMARTS) is 1.